The van der Waals surface area contributed by atoms with Gasteiger partial charge >= 0.3 is 5.97 Å². The summed E-state index contributed by atoms with van der Waals surface area (Å²) >= 11 is 0. The van der Waals surface area contributed by atoms with E-state index in [-0.39, 0.29) is 5.97 Å². The van der Waals surface area contributed by atoms with Crippen LogP contribution in [-0.4, -0.2) is 18.4 Å². The van der Waals surface area contributed by atoms with Crippen molar-refractivity contribution in [1.82, 2.24) is 0 Å². The van der Waals surface area contributed by atoms with Gasteiger partial charge in [0.2, 0.25) is 0 Å². The van der Waals surface area contributed by atoms with E-state index >= 15 is 0 Å². The molecule has 0 heterocycles. The lowest BCUT2D eigenvalue weighted by molar-refractivity contribution is -0.138. The van der Waals surface area contributed by atoms with Crippen molar-refractivity contribution >= 4 is 11.8 Å². The number of hydrogen-bond acceptors (Lipinski definition) is 3. The van der Waals surface area contributed by atoms with E-state index in [1.54, 1.807) is 6.92 Å². The van der Waals surface area contributed by atoms with E-state index in [9.17, 15) is 9.59 Å². The Bertz CT molecular complexity index is 410. The molecule has 2 fully saturated rings. The lowest BCUT2D eigenvalue weighted by Crippen LogP contribution is -2.12. The first-order valence-corrected chi connectivity index (χ1v) is 7.38. The monoisotopic (exact) mass is 264 g/mol. The maximum Gasteiger partial charge on any atom is 0.333 e. The molecule has 2 saturated carbocycles. The molecular weight excluding hydrogens is 240 g/mol. The number of ketones is 1. The number of carbonyl (C=O) groups is 2. The summed E-state index contributed by atoms with van der Waals surface area (Å²) in [7, 11) is 0. The van der Waals surface area contributed by atoms with Crippen molar-refractivity contribution in [3.05, 3.63) is 11.6 Å². The molecule has 0 amide bonds. The van der Waals surface area contributed by atoms with Gasteiger partial charge in [-0.3, -0.25) is 4.79 Å². The van der Waals surface area contributed by atoms with Crippen molar-refractivity contribution in [3.63, 3.8) is 0 Å². The standard InChI is InChI=1S/C16H24O3/c1-4-19-15(18)11(2)6-5-7-12(3)16-9-8-14(17)13(16)10-16/h6,12-13H,4-5,7-10H2,1-3H3/b11-6+/t12-,13?,16?/m1/s1. The van der Waals surface area contributed by atoms with E-state index in [4.69, 9.17) is 4.74 Å². The Balaban J connectivity index is 1.79. The van der Waals surface area contributed by atoms with E-state index in [2.05, 4.69) is 6.92 Å². The van der Waals surface area contributed by atoms with Gasteiger partial charge in [-0.2, -0.15) is 0 Å². The Kier molecular flexibility index (Phi) is 4.12. The van der Waals surface area contributed by atoms with Gasteiger partial charge in [0.25, 0.3) is 0 Å². The van der Waals surface area contributed by atoms with Crippen LogP contribution in [-0.2, 0) is 14.3 Å². The first-order valence-electron chi connectivity index (χ1n) is 7.38. The summed E-state index contributed by atoms with van der Waals surface area (Å²) in [6, 6.07) is 0. The van der Waals surface area contributed by atoms with Gasteiger partial charge in [0.1, 0.15) is 5.78 Å². The SMILES string of the molecule is CCOC(=O)/C(C)=C/CC[C@@H](C)C12CCC(=O)C1C2. The molecule has 2 aliphatic rings. The van der Waals surface area contributed by atoms with E-state index in [1.807, 2.05) is 13.0 Å². The third-order valence-electron chi connectivity index (χ3n) is 4.97. The summed E-state index contributed by atoms with van der Waals surface area (Å²) in [4.78, 5) is 23.0. The zero-order chi connectivity index (χ0) is 14.0. The van der Waals surface area contributed by atoms with Crippen LogP contribution in [0.2, 0.25) is 0 Å². The highest BCUT2D eigenvalue weighted by Gasteiger charge is 2.63. The summed E-state index contributed by atoms with van der Waals surface area (Å²) in [5.74, 6) is 1.20. The molecule has 3 atom stereocenters. The van der Waals surface area contributed by atoms with Gasteiger partial charge in [0, 0.05) is 17.9 Å². The fourth-order valence-corrected chi connectivity index (χ4v) is 3.52. The quantitative estimate of drug-likeness (QED) is 0.546. The van der Waals surface area contributed by atoms with Crippen molar-refractivity contribution in [2.45, 2.75) is 52.9 Å². The fraction of sp³-hybridized carbons (Fsp3) is 0.750. The van der Waals surface area contributed by atoms with E-state index in [0.717, 1.165) is 32.1 Å². The molecule has 0 aromatic heterocycles. The molecule has 2 aliphatic carbocycles. The van der Waals surface area contributed by atoms with Crippen LogP contribution in [0, 0.1) is 17.3 Å². The normalized spacial score (nSPS) is 31.0. The van der Waals surface area contributed by atoms with Crippen LogP contribution in [0.25, 0.3) is 0 Å². The van der Waals surface area contributed by atoms with Gasteiger partial charge in [-0.05, 0) is 50.9 Å². The molecule has 0 aromatic carbocycles. The third kappa shape index (κ3) is 2.75. The number of Topliss-reactive ketones (excluding diaryl/α,β-unsaturated/α-hetero) is 1. The van der Waals surface area contributed by atoms with E-state index in [0.29, 0.717) is 35.2 Å². The molecule has 0 saturated heterocycles. The average Bonchev–Trinajstić information content (AvgIpc) is 3.04. The van der Waals surface area contributed by atoms with Crippen LogP contribution >= 0.6 is 0 Å². The van der Waals surface area contributed by atoms with Crippen LogP contribution in [0.4, 0.5) is 0 Å². The van der Waals surface area contributed by atoms with E-state index in [1.165, 1.54) is 0 Å². The van der Waals surface area contributed by atoms with Crippen molar-refractivity contribution < 1.29 is 14.3 Å². The highest BCUT2D eigenvalue weighted by atomic mass is 16.5. The van der Waals surface area contributed by atoms with Gasteiger partial charge in [-0.1, -0.05) is 13.0 Å². The van der Waals surface area contributed by atoms with Gasteiger partial charge in [-0.25, -0.2) is 4.79 Å². The molecule has 0 spiro atoms. The number of esters is 1. The molecule has 106 valence electrons. The lowest BCUT2D eigenvalue weighted by atomic mass is 9.85. The number of ether oxygens (including phenoxy) is 1. The Hall–Kier alpha value is -1.12. The summed E-state index contributed by atoms with van der Waals surface area (Å²) in [5, 5.41) is 0. The smallest absolute Gasteiger partial charge is 0.333 e. The summed E-state index contributed by atoms with van der Waals surface area (Å²) < 4.78 is 4.95. The lowest BCUT2D eigenvalue weighted by Gasteiger charge is -2.20. The van der Waals surface area contributed by atoms with E-state index < -0.39 is 0 Å². The molecule has 0 radical (unpaired) electrons. The molecule has 0 N–H and O–H groups in total. The van der Waals surface area contributed by atoms with Crippen LogP contribution in [0.1, 0.15) is 52.9 Å². The predicted octanol–water partition coefficient (Wildman–Crippen LogP) is 3.28. The summed E-state index contributed by atoms with van der Waals surface area (Å²) in [6.07, 6.45) is 6.90. The zero-order valence-corrected chi connectivity index (χ0v) is 12.2. The molecule has 3 nitrogen and oxygen atoms in total. The summed E-state index contributed by atoms with van der Waals surface area (Å²) in [6.45, 7) is 6.30. The zero-order valence-electron chi connectivity index (χ0n) is 12.2. The van der Waals surface area contributed by atoms with Crippen LogP contribution in [0.15, 0.2) is 11.6 Å². The number of carbonyl (C=O) groups excluding carboxylic acids is 2. The molecule has 0 aromatic rings. The van der Waals surface area contributed by atoms with Crippen molar-refractivity contribution in [2.24, 2.45) is 17.3 Å². The minimum atomic E-state index is -0.214. The molecule has 0 bridgehead atoms. The maximum absolute atomic E-state index is 11.6. The van der Waals surface area contributed by atoms with Crippen LogP contribution in [0.3, 0.4) is 0 Å². The highest BCUT2D eigenvalue weighted by molar-refractivity contribution is 5.88. The molecule has 2 unspecified atom stereocenters. The van der Waals surface area contributed by atoms with Crippen LogP contribution < -0.4 is 0 Å². The van der Waals surface area contributed by atoms with Crippen LogP contribution in [0.5, 0.6) is 0 Å². The molecule has 0 aliphatic heterocycles. The number of allylic oxidation sites excluding steroid dienone is 1. The molecule has 19 heavy (non-hydrogen) atoms. The molecule has 3 heteroatoms. The Morgan fingerprint density at radius 1 is 1.58 bits per heavy atom. The second-order valence-corrected chi connectivity index (χ2v) is 6.04. The number of fused-ring (bicyclic) bond motifs is 1. The van der Waals surface area contributed by atoms with Crippen molar-refractivity contribution in [1.29, 1.82) is 0 Å². The van der Waals surface area contributed by atoms with Gasteiger partial charge in [-0.15, -0.1) is 0 Å². The maximum atomic E-state index is 11.6. The minimum absolute atomic E-state index is 0.214. The molecular formula is C16H24O3. The Morgan fingerprint density at radius 3 is 2.84 bits per heavy atom. The summed E-state index contributed by atoms with van der Waals surface area (Å²) in [5.41, 5.74) is 1.02. The average molecular weight is 264 g/mol. The Labute approximate surface area is 115 Å². The second kappa shape index (κ2) is 5.48. The van der Waals surface area contributed by atoms with Gasteiger partial charge in [0.15, 0.2) is 0 Å². The first-order chi connectivity index (χ1) is 9.01. The second-order valence-electron chi connectivity index (χ2n) is 6.04. The van der Waals surface area contributed by atoms with Crippen molar-refractivity contribution in [3.8, 4) is 0 Å². The minimum Gasteiger partial charge on any atom is -0.463 e. The van der Waals surface area contributed by atoms with Gasteiger partial charge in [0.05, 0.1) is 6.61 Å². The number of rotatable bonds is 6. The highest BCUT2D eigenvalue weighted by Crippen LogP contribution is 2.66. The predicted molar refractivity (Wildman–Crippen MR) is 73.6 cm³/mol. The third-order valence-corrected chi connectivity index (χ3v) is 4.97. The first kappa shape index (κ1) is 14.3. The number of hydrogen-bond donors (Lipinski definition) is 0. The molecule has 2 rings (SSSR count). The Morgan fingerprint density at radius 2 is 2.32 bits per heavy atom. The topological polar surface area (TPSA) is 43.4 Å². The fourth-order valence-electron chi connectivity index (χ4n) is 3.52. The largest absolute Gasteiger partial charge is 0.463 e. The van der Waals surface area contributed by atoms with Gasteiger partial charge < -0.3 is 4.74 Å². The van der Waals surface area contributed by atoms with Crippen molar-refractivity contribution in [2.75, 3.05) is 6.61 Å².